The van der Waals surface area contributed by atoms with Crippen molar-refractivity contribution in [3.05, 3.63) is 29.8 Å². The van der Waals surface area contributed by atoms with Crippen molar-refractivity contribution in [3.63, 3.8) is 0 Å². The zero-order valence-electron chi connectivity index (χ0n) is 19.2. The van der Waals surface area contributed by atoms with Gasteiger partial charge in [0.05, 0.1) is 29.6 Å². The fourth-order valence-corrected chi connectivity index (χ4v) is 5.05. The largest absolute Gasteiger partial charge is 0.376 e. The standard InChI is InChI=1S/C23H32ClN5O2Si/c1-32(2,3)11-10-30-15-29-22(16-4-5-16)26-27-23(29)17-6-7-20-19(12-17)25-21(13-24)28(20)14-18-8-9-31-18/h6-7,12,16,18H,4-5,8-11,13-15H2,1-3H3/t18-/m0/s1. The van der Waals surface area contributed by atoms with Crippen LogP contribution in [0.4, 0.5) is 0 Å². The molecule has 1 aromatic carbocycles. The van der Waals surface area contributed by atoms with Crippen molar-refractivity contribution in [1.29, 1.82) is 0 Å². The lowest BCUT2D eigenvalue weighted by atomic mass is 10.1. The molecule has 2 fully saturated rings. The van der Waals surface area contributed by atoms with Gasteiger partial charge in [0.15, 0.2) is 5.82 Å². The first-order chi connectivity index (χ1) is 15.4. The number of hydrogen-bond donors (Lipinski definition) is 0. The van der Waals surface area contributed by atoms with Gasteiger partial charge in [0.1, 0.15) is 18.4 Å². The molecule has 32 heavy (non-hydrogen) atoms. The fraction of sp³-hybridized carbons (Fsp3) is 0.609. The molecule has 0 N–H and O–H groups in total. The first-order valence-corrected chi connectivity index (χ1v) is 15.8. The number of benzene rings is 1. The van der Waals surface area contributed by atoms with Crippen LogP contribution in [0.3, 0.4) is 0 Å². The predicted octanol–water partition coefficient (Wildman–Crippen LogP) is 5.01. The Morgan fingerprint density at radius 1 is 1.16 bits per heavy atom. The van der Waals surface area contributed by atoms with E-state index in [4.69, 9.17) is 26.1 Å². The van der Waals surface area contributed by atoms with Crippen LogP contribution in [-0.2, 0) is 28.6 Å². The summed E-state index contributed by atoms with van der Waals surface area (Å²) in [5.41, 5.74) is 3.02. The molecule has 7 nitrogen and oxygen atoms in total. The van der Waals surface area contributed by atoms with Gasteiger partial charge >= 0.3 is 0 Å². The Balaban J connectivity index is 1.42. The zero-order chi connectivity index (χ0) is 22.3. The van der Waals surface area contributed by atoms with E-state index in [-0.39, 0.29) is 6.10 Å². The minimum absolute atomic E-state index is 0.256. The van der Waals surface area contributed by atoms with Crippen LogP contribution in [0.5, 0.6) is 0 Å². The van der Waals surface area contributed by atoms with Crippen LogP contribution in [0.1, 0.15) is 36.8 Å². The molecule has 3 heterocycles. The normalized spacial score (nSPS) is 18.9. The molecule has 9 heteroatoms. The van der Waals surface area contributed by atoms with Gasteiger partial charge in [-0.25, -0.2) is 4.98 Å². The third-order valence-electron chi connectivity index (χ3n) is 6.32. The minimum atomic E-state index is -1.12. The van der Waals surface area contributed by atoms with Crippen molar-refractivity contribution in [2.24, 2.45) is 0 Å². The van der Waals surface area contributed by atoms with Crippen LogP contribution in [0.15, 0.2) is 18.2 Å². The second kappa shape index (κ2) is 8.89. The molecule has 0 bridgehead atoms. The first kappa shape index (κ1) is 22.1. The number of nitrogens with zero attached hydrogens (tertiary/aromatic N) is 5. The average Bonchev–Trinajstić information content (AvgIpc) is 3.38. The molecule has 5 rings (SSSR count). The van der Waals surface area contributed by atoms with E-state index >= 15 is 0 Å². The van der Waals surface area contributed by atoms with Crippen LogP contribution in [0.25, 0.3) is 22.4 Å². The Labute approximate surface area is 195 Å². The van der Waals surface area contributed by atoms with E-state index in [1.807, 2.05) is 0 Å². The highest BCUT2D eigenvalue weighted by atomic mass is 35.5. The summed E-state index contributed by atoms with van der Waals surface area (Å²) in [5.74, 6) is 3.66. The van der Waals surface area contributed by atoms with E-state index in [0.29, 0.717) is 18.5 Å². The third kappa shape index (κ3) is 4.64. The van der Waals surface area contributed by atoms with Crippen LogP contribution in [-0.4, -0.2) is 51.7 Å². The molecule has 1 aliphatic carbocycles. The number of alkyl halides is 1. The van der Waals surface area contributed by atoms with Gasteiger partial charge in [-0.05, 0) is 43.5 Å². The first-order valence-electron chi connectivity index (χ1n) is 11.6. The highest BCUT2D eigenvalue weighted by Crippen LogP contribution is 2.40. The van der Waals surface area contributed by atoms with Gasteiger partial charge in [-0.3, -0.25) is 4.57 Å². The van der Waals surface area contributed by atoms with Crippen molar-refractivity contribution in [3.8, 4) is 11.4 Å². The van der Waals surface area contributed by atoms with Crippen LogP contribution in [0.2, 0.25) is 25.7 Å². The lowest BCUT2D eigenvalue weighted by molar-refractivity contribution is -0.0589. The van der Waals surface area contributed by atoms with Crippen molar-refractivity contribution in [2.75, 3.05) is 13.2 Å². The molecule has 172 valence electrons. The van der Waals surface area contributed by atoms with Gasteiger partial charge in [0.2, 0.25) is 0 Å². The van der Waals surface area contributed by atoms with Crippen molar-refractivity contribution < 1.29 is 9.47 Å². The van der Waals surface area contributed by atoms with Gasteiger partial charge < -0.3 is 14.0 Å². The molecule has 0 amide bonds. The quantitative estimate of drug-likeness (QED) is 0.235. The molecule has 2 aromatic heterocycles. The monoisotopic (exact) mass is 473 g/mol. The molecule has 2 aliphatic rings. The molecule has 0 radical (unpaired) electrons. The Bertz CT molecular complexity index is 1100. The number of aromatic nitrogens is 5. The summed E-state index contributed by atoms with van der Waals surface area (Å²) in [6, 6.07) is 7.48. The van der Waals surface area contributed by atoms with Crippen molar-refractivity contribution >= 4 is 30.7 Å². The van der Waals surface area contributed by atoms with E-state index in [0.717, 1.165) is 66.3 Å². The summed E-state index contributed by atoms with van der Waals surface area (Å²) in [7, 11) is -1.12. The van der Waals surface area contributed by atoms with Crippen LogP contribution >= 0.6 is 11.6 Å². The summed E-state index contributed by atoms with van der Waals surface area (Å²) >= 11 is 6.21. The number of hydrogen-bond acceptors (Lipinski definition) is 5. The smallest absolute Gasteiger partial charge is 0.165 e. The molecule has 1 atom stereocenters. The Morgan fingerprint density at radius 2 is 1.97 bits per heavy atom. The maximum Gasteiger partial charge on any atom is 0.165 e. The lowest BCUT2D eigenvalue weighted by Crippen LogP contribution is -2.31. The summed E-state index contributed by atoms with van der Waals surface area (Å²) in [4.78, 5) is 4.81. The van der Waals surface area contributed by atoms with E-state index in [1.54, 1.807) is 0 Å². The van der Waals surface area contributed by atoms with Gasteiger partial charge in [0.25, 0.3) is 0 Å². The second-order valence-electron chi connectivity index (χ2n) is 10.2. The number of halogens is 1. The van der Waals surface area contributed by atoms with E-state index in [1.165, 1.54) is 12.8 Å². The minimum Gasteiger partial charge on any atom is -0.376 e. The lowest BCUT2D eigenvalue weighted by Gasteiger charge is -2.27. The maximum atomic E-state index is 6.21. The highest BCUT2D eigenvalue weighted by molar-refractivity contribution is 6.76. The zero-order valence-corrected chi connectivity index (χ0v) is 20.9. The van der Waals surface area contributed by atoms with Crippen LogP contribution in [0, 0.1) is 0 Å². The number of ether oxygens (including phenoxy) is 2. The molecule has 1 saturated carbocycles. The fourth-order valence-electron chi connectivity index (χ4n) is 4.09. The second-order valence-corrected chi connectivity index (χ2v) is 16.1. The summed E-state index contributed by atoms with van der Waals surface area (Å²) < 4.78 is 16.1. The highest BCUT2D eigenvalue weighted by Gasteiger charge is 2.31. The molecule has 1 aliphatic heterocycles. The van der Waals surface area contributed by atoms with Gasteiger partial charge in [-0.1, -0.05) is 19.6 Å². The number of rotatable bonds is 10. The van der Waals surface area contributed by atoms with Crippen LogP contribution < -0.4 is 0 Å². The van der Waals surface area contributed by atoms with Gasteiger partial charge in [0, 0.05) is 32.8 Å². The molecular weight excluding hydrogens is 442 g/mol. The molecule has 1 saturated heterocycles. The molecule has 0 unspecified atom stereocenters. The van der Waals surface area contributed by atoms with E-state index in [2.05, 4.69) is 57.2 Å². The maximum absolute atomic E-state index is 6.21. The summed E-state index contributed by atoms with van der Waals surface area (Å²) in [5, 5.41) is 9.10. The molecular formula is C23H32ClN5O2Si. The Kier molecular flexibility index (Phi) is 6.13. The van der Waals surface area contributed by atoms with Gasteiger partial charge in [-0.15, -0.1) is 21.8 Å². The average molecular weight is 474 g/mol. The predicted molar refractivity (Wildman–Crippen MR) is 129 cm³/mol. The topological polar surface area (TPSA) is 67.0 Å². The van der Waals surface area contributed by atoms with E-state index in [9.17, 15) is 0 Å². The summed E-state index contributed by atoms with van der Waals surface area (Å²) in [6.45, 7) is 10.0. The molecule has 3 aromatic rings. The third-order valence-corrected chi connectivity index (χ3v) is 8.27. The number of imidazole rings is 1. The summed E-state index contributed by atoms with van der Waals surface area (Å²) in [6.07, 6.45) is 3.70. The SMILES string of the molecule is C[Si](C)(C)CCOCn1c(-c2ccc3c(c2)nc(CCl)n3C[C@@H]2CCO2)nnc1C1CC1. The number of fused-ring (bicyclic) bond motifs is 1. The van der Waals surface area contributed by atoms with E-state index < -0.39 is 8.07 Å². The Hall–Kier alpha value is -1.74. The van der Waals surface area contributed by atoms with Crippen molar-refractivity contribution in [1.82, 2.24) is 24.3 Å². The van der Waals surface area contributed by atoms with Gasteiger partial charge in [-0.2, -0.15) is 0 Å². The Morgan fingerprint density at radius 3 is 2.62 bits per heavy atom. The van der Waals surface area contributed by atoms with Crippen molar-refractivity contribution in [2.45, 2.75) is 76.1 Å². The molecule has 0 spiro atoms.